The van der Waals surface area contributed by atoms with Gasteiger partial charge in [0, 0.05) is 0 Å². The number of ether oxygens (including phenoxy) is 1. The molecule has 0 spiro atoms. The molecule has 4 atom stereocenters. The normalized spacial score (nSPS) is 25.4. The quantitative estimate of drug-likeness (QED) is 0.393. The highest BCUT2D eigenvalue weighted by atomic mass is 32.2. The minimum absolute atomic E-state index is 0.234. The summed E-state index contributed by atoms with van der Waals surface area (Å²) in [5.74, 6) is 2.82. The van der Waals surface area contributed by atoms with Gasteiger partial charge in [-0.1, -0.05) is 12.5 Å². The van der Waals surface area contributed by atoms with E-state index in [1.807, 2.05) is 0 Å². The van der Waals surface area contributed by atoms with Gasteiger partial charge in [0.25, 0.3) is 10.1 Å². The minimum Gasteiger partial charge on any atom is -0.387 e. The summed E-state index contributed by atoms with van der Waals surface area (Å²) < 4.78 is 34.4. The van der Waals surface area contributed by atoms with Gasteiger partial charge in [-0.3, -0.25) is 8.75 Å². The molecule has 3 N–H and O–H groups in total. The van der Waals surface area contributed by atoms with E-state index in [0.29, 0.717) is 22.4 Å². The molecule has 27 heavy (non-hydrogen) atoms. The number of fused-ring (bicyclic) bond motifs is 1. The van der Waals surface area contributed by atoms with E-state index < -0.39 is 41.3 Å². The lowest BCUT2D eigenvalue weighted by atomic mass is 10.1. The standard InChI is InChI=1S/C15H17N5O6S/c1-3-5-16-13-10-14(18-7-17-13)20(8-19-10)15-12(22)11(21)9(26-15)6-25-27(23,24)4-2/h1,4,7-9,11-12,15,21-22H,2,5-6H2,(H,16,17,18). The van der Waals surface area contributed by atoms with E-state index in [4.69, 9.17) is 11.2 Å². The van der Waals surface area contributed by atoms with Crippen molar-refractivity contribution in [3.8, 4) is 12.3 Å². The van der Waals surface area contributed by atoms with Gasteiger partial charge >= 0.3 is 0 Å². The number of rotatable bonds is 7. The zero-order valence-electron chi connectivity index (χ0n) is 14.0. The smallest absolute Gasteiger partial charge is 0.289 e. The zero-order chi connectivity index (χ0) is 19.6. The summed E-state index contributed by atoms with van der Waals surface area (Å²) in [6.07, 6.45) is 2.99. The SMILES string of the molecule is C#CCNc1ncnc2c1ncn2C1OC(COS(=O)(=O)C=C)C(O)C1O. The van der Waals surface area contributed by atoms with Gasteiger partial charge in [-0.15, -0.1) is 6.42 Å². The van der Waals surface area contributed by atoms with E-state index in [1.54, 1.807) is 0 Å². The van der Waals surface area contributed by atoms with Crippen molar-refractivity contribution in [1.82, 2.24) is 19.5 Å². The lowest BCUT2D eigenvalue weighted by Gasteiger charge is -2.16. The molecule has 144 valence electrons. The van der Waals surface area contributed by atoms with Crippen LogP contribution < -0.4 is 5.32 Å². The van der Waals surface area contributed by atoms with Crippen LogP contribution in [0.25, 0.3) is 11.2 Å². The predicted octanol–water partition coefficient (Wildman–Crippen LogP) is -1.02. The van der Waals surface area contributed by atoms with Crippen LogP contribution in [0.5, 0.6) is 0 Å². The number of aliphatic hydroxyl groups excluding tert-OH is 2. The lowest BCUT2D eigenvalue weighted by molar-refractivity contribution is -0.0465. The Kier molecular flexibility index (Phi) is 5.40. The first kappa shape index (κ1) is 19.2. The van der Waals surface area contributed by atoms with E-state index in [9.17, 15) is 18.6 Å². The number of aromatic nitrogens is 4. The second kappa shape index (κ2) is 7.59. The van der Waals surface area contributed by atoms with Crippen LogP contribution in [0.15, 0.2) is 24.6 Å². The third-order valence-electron chi connectivity index (χ3n) is 3.93. The van der Waals surface area contributed by atoms with Gasteiger partial charge in [0.2, 0.25) is 0 Å². The molecule has 3 heterocycles. The maximum atomic E-state index is 11.4. The van der Waals surface area contributed by atoms with Crippen molar-refractivity contribution in [3.63, 3.8) is 0 Å². The number of hydrogen-bond donors (Lipinski definition) is 3. The highest BCUT2D eigenvalue weighted by Crippen LogP contribution is 2.32. The number of nitrogens with one attached hydrogen (secondary N) is 1. The maximum absolute atomic E-state index is 11.4. The summed E-state index contributed by atoms with van der Waals surface area (Å²) in [5, 5.41) is 24.0. The number of aliphatic hydroxyl groups is 2. The van der Waals surface area contributed by atoms with Gasteiger partial charge in [0.05, 0.1) is 24.9 Å². The molecule has 12 heteroatoms. The molecule has 0 bridgehead atoms. The number of terminal acetylenes is 1. The van der Waals surface area contributed by atoms with E-state index in [-0.39, 0.29) is 6.54 Å². The first-order valence-electron chi connectivity index (χ1n) is 7.76. The molecule has 0 amide bonds. The fourth-order valence-electron chi connectivity index (χ4n) is 2.61. The summed E-state index contributed by atoms with van der Waals surface area (Å²) in [4.78, 5) is 12.4. The third-order valence-corrected chi connectivity index (χ3v) is 4.80. The summed E-state index contributed by atoms with van der Waals surface area (Å²) in [7, 11) is -3.94. The number of nitrogens with zero attached hydrogens (tertiary/aromatic N) is 4. The molecule has 2 aromatic heterocycles. The molecule has 11 nitrogen and oxygen atoms in total. The Morgan fingerprint density at radius 1 is 1.41 bits per heavy atom. The monoisotopic (exact) mass is 395 g/mol. The Balaban J connectivity index is 1.84. The Morgan fingerprint density at radius 2 is 2.19 bits per heavy atom. The maximum Gasteiger partial charge on any atom is 0.289 e. The fraction of sp³-hybridized carbons (Fsp3) is 0.400. The van der Waals surface area contributed by atoms with Crippen molar-refractivity contribution in [1.29, 1.82) is 0 Å². The van der Waals surface area contributed by atoms with Gasteiger partial charge in [0.15, 0.2) is 23.2 Å². The predicted molar refractivity (Wildman–Crippen MR) is 93.6 cm³/mol. The molecule has 1 aliphatic heterocycles. The van der Waals surface area contributed by atoms with Crippen molar-refractivity contribution in [3.05, 3.63) is 24.6 Å². The van der Waals surface area contributed by atoms with Crippen molar-refractivity contribution in [2.45, 2.75) is 24.5 Å². The summed E-state index contributed by atoms with van der Waals surface area (Å²) in [6.45, 7) is 2.87. The Hall–Kier alpha value is -2.56. The Labute approximate surface area is 154 Å². The van der Waals surface area contributed by atoms with Crippen LogP contribution in [0.1, 0.15) is 6.23 Å². The topological polar surface area (TPSA) is 149 Å². The molecule has 0 aliphatic carbocycles. The van der Waals surface area contributed by atoms with Crippen LogP contribution in [0.3, 0.4) is 0 Å². The third kappa shape index (κ3) is 3.77. The number of imidazole rings is 1. The largest absolute Gasteiger partial charge is 0.387 e. The Bertz CT molecular complexity index is 984. The van der Waals surface area contributed by atoms with Gasteiger partial charge in [-0.05, 0) is 0 Å². The highest BCUT2D eigenvalue weighted by Gasteiger charge is 2.45. The second-order valence-corrected chi connectivity index (χ2v) is 7.15. The molecular formula is C15H17N5O6S. The lowest BCUT2D eigenvalue weighted by Crippen LogP contribution is -2.34. The van der Waals surface area contributed by atoms with Crippen molar-refractivity contribution < 1.29 is 27.6 Å². The Morgan fingerprint density at radius 3 is 2.89 bits per heavy atom. The molecule has 1 fully saturated rings. The molecule has 1 aliphatic rings. The highest BCUT2D eigenvalue weighted by molar-refractivity contribution is 7.89. The minimum atomic E-state index is -3.94. The molecule has 1 saturated heterocycles. The summed E-state index contributed by atoms with van der Waals surface area (Å²) in [5.41, 5.74) is 0.730. The first-order chi connectivity index (χ1) is 12.9. The molecule has 0 radical (unpaired) electrons. The van der Waals surface area contributed by atoms with E-state index in [2.05, 4.69) is 37.0 Å². The summed E-state index contributed by atoms with van der Waals surface area (Å²) >= 11 is 0. The van der Waals surface area contributed by atoms with Crippen LogP contribution in [-0.4, -0.2) is 69.6 Å². The first-order valence-corrected chi connectivity index (χ1v) is 9.23. The molecule has 0 aromatic carbocycles. The number of hydrogen-bond acceptors (Lipinski definition) is 10. The zero-order valence-corrected chi connectivity index (χ0v) is 14.8. The molecular weight excluding hydrogens is 378 g/mol. The van der Waals surface area contributed by atoms with Crippen molar-refractivity contribution in [2.75, 3.05) is 18.5 Å². The van der Waals surface area contributed by atoms with Crippen LogP contribution in [-0.2, 0) is 19.0 Å². The molecule has 4 unspecified atom stereocenters. The van der Waals surface area contributed by atoms with E-state index in [0.717, 1.165) is 0 Å². The molecule has 3 rings (SSSR count). The molecule has 0 saturated carbocycles. The summed E-state index contributed by atoms with van der Waals surface area (Å²) in [6, 6.07) is 0. The average Bonchev–Trinajstić information content (AvgIpc) is 3.21. The van der Waals surface area contributed by atoms with Crippen LogP contribution in [0, 0.1) is 12.3 Å². The number of anilines is 1. The van der Waals surface area contributed by atoms with Crippen LogP contribution in [0.4, 0.5) is 5.82 Å². The van der Waals surface area contributed by atoms with Gasteiger partial charge in [-0.25, -0.2) is 15.0 Å². The average molecular weight is 395 g/mol. The second-order valence-electron chi connectivity index (χ2n) is 5.59. The van der Waals surface area contributed by atoms with E-state index >= 15 is 0 Å². The molecule has 2 aromatic rings. The van der Waals surface area contributed by atoms with Crippen LogP contribution in [0.2, 0.25) is 0 Å². The fourth-order valence-corrected chi connectivity index (χ4v) is 3.03. The van der Waals surface area contributed by atoms with E-state index in [1.165, 1.54) is 17.2 Å². The van der Waals surface area contributed by atoms with Gasteiger partial charge < -0.3 is 20.3 Å². The van der Waals surface area contributed by atoms with Crippen LogP contribution >= 0.6 is 0 Å². The van der Waals surface area contributed by atoms with Crippen molar-refractivity contribution >= 4 is 27.1 Å². The van der Waals surface area contributed by atoms with Crippen molar-refractivity contribution in [2.24, 2.45) is 0 Å². The van der Waals surface area contributed by atoms with Gasteiger partial charge in [-0.2, -0.15) is 8.42 Å². The van der Waals surface area contributed by atoms with Gasteiger partial charge in [0.1, 0.15) is 24.6 Å².